The first-order valence-corrected chi connectivity index (χ1v) is 11.6. The first-order chi connectivity index (χ1) is 14.5. The van der Waals surface area contributed by atoms with Gasteiger partial charge in [-0.15, -0.1) is 6.58 Å². The third kappa shape index (κ3) is 6.06. The van der Waals surface area contributed by atoms with Crippen molar-refractivity contribution in [2.75, 3.05) is 6.61 Å². The highest BCUT2D eigenvalue weighted by Gasteiger charge is 2.30. The van der Waals surface area contributed by atoms with E-state index in [0.717, 1.165) is 11.4 Å². The highest BCUT2D eigenvalue weighted by molar-refractivity contribution is 7.89. The van der Waals surface area contributed by atoms with Gasteiger partial charge >= 0.3 is 5.97 Å². The lowest BCUT2D eigenvalue weighted by molar-refractivity contribution is -0.145. The Bertz CT molecular complexity index is 1070. The van der Waals surface area contributed by atoms with Gasteiger partial charge in [0.25, 0.3) is 0 Å². The molecule has 0 bridgehead atoms. The monoisotopic (exact) mass is 466 g/mol. The highest BCUT2D eigenvalue weighted by atomic mass is 35.5. The summed E-state index contributed by atoms with van der Waals surface area (Å²) in [6, 6.07) is 6.16. The summed E-state index contributed by atoms with van der Waals surface area (Å²) in [5.74, 6) is -1.58. The van der Waals surface area contributed by atoms with Crippen molar-refractivity contribution in [3.05, 3.63) is 65.0 Å². The van der Waals surface area contributed by atoms with Gasteiger partial charge < -0.3 is 9.30 Å². The van der Waals surface area contributed by atoms with Crippen molar-refractivity contribution in [3.8, 4) is 0 Å². The fraction of sp³-hybridized carbons (Fsp3) is 0.364. The quantitative estimate of drug-likeness (QED) is 0.327. The molecule has 1 aromatic carbocycles. The summed E-state index contributed by atoms with van der Waals surface area (Å²) in [4.78, 5) is 25.2. The molecular formula is C22H27ClN2O5S. The number of halogens is 1. The van der Waals surface area contributed by atoms with Crippen LogP contribution >= 0.6 is 11.6 Å². The number of nitrogens with one attached hydrogen (secondary N) is 1. The summed E-state index contributed by atoms with van der Waals surface area (Å²) in [7, 11) is -3.98. The number of aromatic nitrogens is 1. The van der Waals surface area contributed by atoms with Crippen molar-refractivity contribution in [1.82, 2.24) is 9.29 Å². The van der Waals surface area contributed by atoms with E-state index in [2.05, 4.69) is 11.3 Å². The van der Waals surface area contributed by atoms with Crippen LogP contribution < -0.4 is 4.72 Å². The van der Waals surface area contributed by atoms with Crippen LogP contribution in [0, 0.1) is 19.8 Å². The molecule has 0 aliphatic carbocycles. The largest absolute Gasteiger partial charge is 0.456 e. The molecule has 9 heteroatoms. The topological polar surface area (TPSA) is 94.5 Å². The molecule has 0 spiro atoms. The molecule has 1 N–H and O–H groups in total. The Kier molecular flexibility index (Phi) is 8.22. The van der Waals surface area contributed by atoms with Crippen LogP contribution in [0.3, 0.4) is 0 Å². The van der Waals surface area contributed by atoms with Crippen molar-refractivity contribution in [3.63, 3.8) is 0 Å². The molecule has 168 valence electrons. The average Bonchev–Trinajstić information content (AvgIpc) is 2.99. The Morgan fingerprint density at radius 3 is 2.39 bits per heavy atom. The van der Waals surface area contributed by atoms with Crippen molar-refractivity contribution in [1.29, 1.82) is 0 Å². The van der Waals surface area contributed by atoms with Gasteiger partial charge in [-0.2, -0.15) is 4.72 Å². The van der Waals surface area contributed by atoms with E-state index in [0.29, 0.717) is 17.1 Å². The molecule has 31 heavy (non-hydrogen) atoms. The van der Waals surface area contributed by atoms with E-state index in [1.165, 1.54) is 24.3 Å². The molecule has 7 nitrogen and oxygen atoms in total. The fourth-order valence-electron chi connectivity index (χ4n) is 3.10. The third-order valence-corrected chi connectivity index (χ3v) is 6.57. The minimum atomic E-state index is -3.98. The van der Waals surface area contributed by atoms with Crippen LogP contribution in [0.5, 0.6) is 0 Å². The van der Waals surface area contributed by atoms with Gasteiger partial charge in [-0.1, -0.05) is 31.5 Å². The van der Waals surface area contributed by atoms with Gasteiger partial charge in [0.05, 0.1) is 4.90 Å². The molecule has 1 atom stereocenters. The summed E-state index contributed by atoms with van der Waals surface area (Å²) in [6.07, 6.45) is 1.73. The SMILES string of the molecule is C=CCn1c(C)cc(C(=O)COC(=O)C(NS(=O)(=O)c2ccc(Cl)cc2)C(C)C)c1C. The molecule has 2 rings (SSSR count). The number of carbonyl (C=O) groups excluding carboxylic acids is 2. The molecule has 0 amide bonds. The van der Waals surface area contributed by atoms with Gasteiger partial charge in [-0.25, -0.2) is 8.42 Å². The maximum Gasteiger partial charge on any atom is 0.324 e. The summed E-state index contributed by atoms with van der Waals surface area (Å²) >= 11 is 5.80. The van der Waals surface area contributed by atoms with E-state index >= 15 is 0 Å². The number of ketones is 1. The summed E-state index contributed by atoms with van der Waals surface area (Å²) in [5.41, 5.74) is 2.10. The molecule has 1 unspecified atom stereocenters. The van der Waals surface area contributed by atoms with Crippen LogP contribution in [-0.2, 0) is 26.1 Å². The van der Waals surface area contributed by atoms with Crippen LogP contribution in [0.1, 0.15) is 35.6 Å². The lowest BCUT2D eigenvalue weighted by Gasteiger charge is -2.20. The van der Waals surface area contributed by atoms with Crippen molar-refractivity contribution < 1.29 is 22.7 Å². The Morgan fingerprint density at radius 2 is 1.84 bits per heavy atom. The van der Waals surface area contributed by atoms with Crippen LogP contribution in [0.4, 0.5) is 0 Å². The van der Waals surface area contributed by atoms with Crippen LogP contribution in [0.25, 0.3) is 0 Å². The van der Waals surface area contributed by atoms with E-state index in [9.17, 15) is 18.0 Å². The lowest BCUT2D eigenvalue weighted by atomic mass is 10.1. The van der Waals surface area contributed by atoms with Gasteiger partial charge in [-0.3, -0.25) is 9.59 Å². The predicted molar refractivity (Wildman–Crippen MR) is 120 cm³/mol. The van der Waals surface area contributed by atoms with Gasteiger partial charge in [0.2, 0.25) is 15.8 Å². The summed E-state index contributed by atoms with van der Waals surface area (Å²) < 4.78 is 34.7. The molecule has 1 heterocycles. The number of ether oxygens (including phenoxy) is 1. The number of Topliss-reactive ketones (excluding diaryl/α,β-unsaturated/α-hetero) is 1. The fourth-order valence-corrected chi connectivity index (χ4v) is 4.56. The van der Waals surface area contributed by atoms with Crippen LogP contribution in [-0.4, -0.2) is 37.4 Å². The zero-order chi connectivity index (χ0) is 23.3. The average molecular weight is 467 g/mol. The molecule has 0 saturated heterocycles. The maximum absolute atomic E-state index is 12.6. The number of esters is 1. The van der Waals surface area contributed by atoms with E-state index in [4.69, 9.17) is 16.3 Å². The number of sulfonamides is 1. The predicted octanol–water partition coefficient (Wildman–Crippen LogP) is 3.67. The molecule has 0 saturated carbocycles. The van der Waals surface area contributed by atoms with Gasteiger partial charge in [0.15, 0.2) is 6.61 Å². The van der Waals surface area contributed by atoms with Crippen LogP contribution in [0.2, 0.25) is 5.02 Å². The summed E-state index contributed by atoms with van der Waals surface area (Å²) in [5, 5.41) is 0.393. The van der Waals surface area contributed by atoms with Gasteiger partial charge in [0.1, 0.15) is 6.04 Å². The third-order valence-electron chi connectivity index (χ3n) is 4.86. The Labute approximate surface area is 188 Å². The van der Waals surface area contributed by atoms with Crippen molar-refractivity contribution in [2.24, 2.45) is 5.92 Å². The number of benzene rings is 1. The second-order valence-corrected chi connectivity index (χ2v) is 9.66. The molecule has 0 radical (unpaired) electrons. The molecule has 0 aliphatic heterocycles. The first kappa shape index (κ1) is 24.8. The molecular weight excluding hydrogens is 440 g/mol. The summed E-state index contributed by atoms with van der Waals surface area (Å²) in [6.45, 7) is 10.8. The smallest absolute Gasteiger partial charge is 0.324 e. The number of nitrogens with zero attached hydrogens (tertiary/aromatic N) is 1. The van der Waals surface area contributed by atoms with Gasteiger partial charge in [0, 0.05) is 28.5 Å². The molecule has 0 aliphatic rings. The maximum atomic E-state index is 12.6. The Balaban J connectivity index is 2.11. The molecule has 1 aromatic heterocycles. The first-order valence-electron chi connectivity index (χ1n) is 9.73. The van der Waals surface area contributed by atoms with E-state index in [1.807, 2.05) is 18.4 Å². The highest BCUT2D eigenvalue weighted by Crippen LogP contribution is 2.18. The van der Waals surface area contributed by atoms with Gasteiger partial charge in [-0.05, 0) is 50.1 Å². The molecule has 2 aromatic rings. The minimum Gasteiger partial charge on any atom is -0.456 e. The second kappa shape index (κ2) is 10.3. The standard InChI is InChI=1S/C22H27ClN2O5S/c1-6-11-25-15(4)12-19(16(25)5)20(26)13-30-22(27)21(14(2)3)24-31(28,29)18-9-7-17(23)8-10-18/h6-10,12,14,21,24H,1,11,13H2,2-5H3. The molecule has 0 fully saturated rings. The van der Waals surface area contributed by atoms with Crippen molar-refractivity contribution in [2.45, 2.75) is 45.2 Å². The Morgan fingerprint density at radius 1 is 1.23 bits per heavy atom. The lowest BCUT2D eigenvalue weighted by Crippen LogP contribution is -2.45. The number of hydrogen-bond donors (Lipinski definition) is 1. The number of aryl methyl sites for hydroxylation is 1. The van der Waals surface area contributed by atoms with Crippen molar-refractivity contribution >= 4 is 33.4 Å². The van der Waals surface area contributed by atoms with Crippen LogP contribution in [0.15, 0.2) is 47.9 Å². The zero-order valence-corrected chi connectivity index (χ0v) is 19.6. The number of hydrogen-bond acceptors (Lipinski definition) is 5. The Hall–Kier alpha value is -2.42. The van der Waals surface area contributed by atoms with E-state index in [-0.39, 0.29) is 10.7 Å². The number of allylic oxidation sites excluding steroid dienone is 1. The zero-order valence-electron chi connectivity index (χ0n) is 18.0. The van der Waals surface area contributed by atoms with E-state index in [1.54, 1.807) is 26.0 Å². The van der Waals surface area contributed by atoms with E-state index < -0.39 is 34.6 Å². The minimum absolute atomic E-state index is 0.0268. The number of rotatable bonds is 10. The normalized spacial score (nSPS) is 12.6. The number of carbonyl (C=O) groups is 2. The second-order valence-electron chi connectivity index (χ2n) is 7.51.